The molecule has 0 spiro atoms. The third kappa shape index (κ3) is 6.26. The molecule has 2 rings (SSSR count). The van der Waals surface area contributed by atoms with Gasteiger partial charge in [0.1, 0.15) is 5.75 Å². The fourth-order valence-corrected chi connectivity index (χ4v) is 3.18. The summed E-state index contributed by atoms with van der Waals surface area (Å²) in [5.41, 5.74) is 0.0274. The summed E-state index contributed by atoms with van der Waals surface area (Å²) in [6, 6.07) is 7.63. The van der Waals surface area contributed by atoms with E-state index >= 15 is 0 Å². The van der Waals surface area contributed by atoms with Crippen molar-refractivity contribution in [2.45, 2.75) is 25.2 Å². The summed E-state index contributed by atoms with van der Waals surface area (Å²) in [4.78, 5) is 1.68. The van der Waals surface area contributed by atoms with Crippen molar-refractivity contribution in [2.75, 3.05) is 11.4 Å². The Hall–Kier alpha value is -1.65. The van der Waals surface area contributed by atoms with Gasteiger partial charge in [-0.2, -0.15) is 13.2 Å². The molecule has 1 atom stereocenters. The predicted octanol–water partition coefficient (Wildman–Crippen LogP) is 5.23. The number of benzene rings is 1. The van der Waals surface area contributed by atoms with Crippen LogP contribution in [0.5, 0.6) is 5.75 Å². The van der Waals surface area contributed by atoms with E-state index in [1.165, 1.54) is 12.1 Å². The van der Waals surface area contributed by atoms with Crippen LogP contribution in [0.2, 0.25) is 4.34 Å². The minimum absolute atomic E-state index is 0.0274. The maximum absolute atomic E-state index is 12.7. The standard InChI is InChI=1S/C15H12ClF6NO2S/c16-13-5-4-11(26-13)7-23(8-12(24)14(17,18)19)9-2-1-3-10(6-9)25-15(20,21)22/h1-6,12,24H,7-8H2. The summed E-state index contributed by atoms with van der Waals surface area (Å²) in [7, 11) is 0. The summed E-state index contributed by atoms with van der Waals surface area (Å²) in [6.45, 7) is -0.950. The fourth-order valence-electron chi connectivity index (χ4n) is 2.08. The average Bonchev–Trinajstić information content (AvgIpc) is 2.89. The van der Waals surface area contributed by atoms with Crippen LogP contribution in [0.3, 0.4) is 0 Å². The Labute approximate surface area is 153 Å². The number of anilines is 1. The third-order valence-electron chi connectivity index (χ3n) is 3.16. The number of alkyl halides is 6. The molecule has 0 aliphatic carbocycles. The zero-order chi connectivity index (χ0) is 19.5. The second kappa shape index (κ2) is 7.93. The molecule has 1 heterocycles. The first-order valence-electron chi connectivity index (χ1n) is 7.04. The minimum atomic E-state index is -4.93. The van der Waals surface area contributed by atoms with E-state index in [-0.39, 0.29) is 12.2 Å². The molecule has 26 heavy (non-hydrogen) atoms. The minimum Gasteiger partial charge on any atom is -0.406 e. The van der Waals surface area contributed by atoms with Crippen LogP contribution in [0.4, 0.5) is 32.0 Å². The van der Waals surface area contributed by atoms with E-state index in [0.717, 1.165) is 28.4 Å². The van der Waals surface area contributed by atoms with Crippen LogP contribution in [-0.4, -0.2) is 30.3 Å². The van der Waals surface area contributed by atoms with Crippen molar-refractivity contribution in [3.05, 3.63) is 45.6 Å². The average molecular weight is 420 g/mol. The Morgan fingerprint density at radius 1 is 1.12 bits per heavy atom. The van der Waals surface area contributed by atoms with Crippen LogP contribution in [0.15, 0.2) is 36.4 Å². The number of aliphatic hydroxyl groups is 1. The zero-order valence-electron chi connectivity index (χ0n) is 12.8. The molecule has 144 valence electrons. The van der Waals surface area contributed by atoms with E-state index in [2.05, 4.69) is 4.74 Å². The van der Waals surface area contributed by atoms with Gasteiger partial charge in [-0.1, -0.05) is 17.7 Å². The number of aliphatic hydroxyl groups excluding tert-OH is 1. The molecule has 0 saturated carbocycles. The first-order valence-corrected chi connectivity index (χ1v) is 8.23. The van der Waals surface area contributed by atoms with Crippen LogP contribution in [-0.2, 0) is 6.54 Å². The van der Waals surface area contributed by atoms with Gasteiger partial charge >= 0.3 is 12.5 Å². The van der Waals surface area contributed by atoms with E-state index in [9.17, 15) is 31.4 Å². The van der Waals surface area contributed by atoms with Gasteiger partial charge < -0.3 is 14.7 Å². The number of thiophene rings is 1. The van der Waals surface area contributed by atoms with E-state index in [1.54, 1.807) is 12.1 Å². The highest BCUT2D eigenvalue weighted by atomic mass is 35.5. The van der Waals surface area contributed by atoms with Gasteiger partial charge in [0.2, 0.25) is 0 Å². The molecular weight excluding hydrogens is 408 g/mol. The molecule has 0 aliphatic rings. The summed E-state index contributed by atoms with van der Waals surface area (Å²) in [6.07, 6.45) is -12.5. The fraction of sp³-hybridized carbons (Fsp3) is 0.333. The maximum Gasteiger partial charge on any atom is 0.573 e. The number of hydrogen-bond acceptors (Lipinski definition) is 4. The molecule has 1 aromatic carbocycles. The first-order chi connectivity index (χ1) is 11.9. The summed E-state index contributed by atoms with van der Waals surface area (Å²) >= 11 is 6.90. The Morgan fingerprint density at radius 2 is 1.81 bits per heavy atom. The molecule has 1 N–H and O–H groups in total. The lowest BCUT2D eigenvalue weighted by Gasteiger charge is -2.28. The maximum atomic E-state index is 12.7. The summed E-state index contributed by atoms with van der Waals surface area (Å²) < 4.78 is 79.4. The predicted molar refractivity (Wildman–Crippen MR) is 85.6 cm³/mol. The first kappa shape index (κ1) is 20.7. The zero-order valence-corrected chi connectivity index (χ0v) is 14.4. The van der Waals surface area contributed by atoms with E-state index < -0.39 is 30.9 Å². The van der Waals surface area contributed by atoms with Gasteiger partial charge in [0.15, 0.2) is 6.10 Å². The SMILES string of the molecule is OC(CN(Cc1ccc(Cl)s1)c1cccc(OC(F)(F)F)c1)C(F)(F)F. The Kier molecular flexibility index (Phi) is 6.30. The summed E-state index contributed by atoms with van der Waals surface area (Å²) in [5.74, 6) is -0.578. The number of halogens is 7. The largest absolute Gasteiger partial charge is 0.573 e. The molecule has 0 amide bonds. The number of nitrogens with zero attached hydrogens (tertiary/aromatic N) is 1. The van der Waals surface area contributed by atoms with Crippen molar-refractivity contribution in [1.82, 2.24) is 0 Å². The lowest BCUT2D eigenvalue weighted by atomic mass is 10.2. The number of hydrogen-bond donors (Lipinski definition) is 1. The molecule has 11 heteroatoms. The van der Waals surface area contributed by atoms with Gasteiger partial charge in [0.25, 0.3) is 0 Å². The van der Waals surface area contributed by atoms with Crippen LogP contribution >= 0.6 is 22.9 Å². The Morgan fingerprint density at radius 3 is 2.35 bits per heavy atom. The second-order valence-electron chi connectivity index (χ2n) is 5.19. The smallest absolute Gasteiger partial charge is 0.406 e. The van der Waals surface area contributed by atoms with Crippen molar-refractivity contribution in [2.24, 2.45) is 0 Å². The molecule has 0 fully saturated rings. The van der Waals surface area contributed by atoms with E-state index in [1.807, 2.05) is 0 Å². The van der Waals surface area contributed by atoms with Crippen LogP contribution in [0.1, 0.15) is 4.88 Å². The molecule has 1 aromatic heterocycles. The highest BCUT2D eigenvalue weighted by Crippen LogP contribution is 2.31. The number of ether oxygens (including phenoxy) is 1. The molecule has 0 radical (unpaired) electrons. The second-order valence-corrected chi connectivity index (χ2v) is 6.99. The van der Waals surface area contributed by atoms with Crippen molar-refractivity contribution >= 4 is 28.6 Å². The molecule has 0 bridgehead atoms. The highest BCUT2D eigenvalue weighted by molar-refractivity contribution is 7.16. The Balaban J connectivity index is 2.28. The quantitative estimate of drug-likeness (QED) is 0.651. The monoisotopic (exact) mass is 419 g/mol. The van der Waals surface area contributed by atoms with Gasteiger partial charge in [0, 0.05) is 16.6 Å². The molecule has 1 unspecified atom stereocenters. The van der Waals surface area contributed by atoms with Crippen LogP contribution in [0, 0.1) is 0 Å². The van der Waals surface area contributed by atoms with Crippen LogP contribution in [0.25, 0.3) is 0 Å². The van der Waals surface area contributed by atoms with Crippen LogP contribution < -0.4 is 9.64 Å². The molecule has 0 aliphatic heterocycles. The van der Waals surface area contributed by atoms with Gasteiger partial charge in [-0.25, -0.2) is 0 Å². The topological polar surface area (TPSA) is 32.7 Å². The lowest BCUT2D eigenvalue weighted by Crippen LogP contribution is -2.40. The van der Waals surface area contributed by atoms with Gasteiger partial charge in [0.05, 0.1) is 17.4 Å². The molecule has 0 saturated heterocycles. The van der Waals surface area contributed by atoms with E-state index in [4.69, 9.17) is 11.6 Å². The lowest BCUT2D eigenvalue weighted by molar-refractivity contribution is -0.274. The third-order valence-corrected chi connectivity index (χ3v) is 4.38. The van der Waals surface area contributed by atoms with Gasteiger partial charge in [-0.15, -0.1) is 24.5 Å². The normalized spacial score (nSPS) is 13.5. The summed E-state index contributed by atoms with van der Waals surface area (Å²) in [5, 5.41) is 9.36. The highest BCUT2D eigenvalue weighted by Gasteiger charge is 2.39. The Bertz CT molecular complexity index is 733. The van der Waals surface area contributed by atoms with Gasteiger partial charge in [-0.3, -0.25) is 0 Å². The van der Waals surface area contributed by atoms with Crippen molar-refractivity contribution in [1.29, 1.82) is 0 Å². The number of rotatable bonds is 6. The van der Waals surface area contributed by atoms with Crippen molar-refractivity contribution < 1.29 is 36.2 Å². The van der Waals surface area contributed by atoms with Gasteiger partial charge in [-0.05, 0) is 24.3 Å². The van der Waals surface area contributed by atoms with E-state index in [0.29, 0.717) is 9.21 Å². The molecule has 3 nitrogen and oxygen atoms in total. The van der Waals surface area contributed by atoms with Crippen molar-refractivity contribution in [3.8, 4) is 5.75 Å². The molecular formula is C15H12ClF6NO2S. The van der Waals surface area contributed by atoms with Crippen molar-refractivity contribution in [3.63, 3.8) is 0 Å². The molecule has 2 aromatic rings.